The molecule has 2 aromatic rings. The van der Waals surface area contributed by atoms with E-state index in [-0.39, 0.29) is 36.2 Å². The molecule has 3 rings (SSSR count). The number of piperidine rings is 1. The normalized spacial score (nSPS) is 19.1. The van der Waals surface area contributed by atoms with Crippen molar-refractivity contribution in [3.8, 4) is 0 Å². The number of anilines is 1. The second-order valence-corrected chi connectivity index (χ2v) is 6.98. The zero-order valence-corrected chi connectivity index (χ0v) is 17.2. The van der Waals surface area contributed by atoms with Crippen molar-refractivity contribution in [2.75, 3.05) is 18.9 Å². The first-order chi connectivity index (χ1) is 13.1. The third kappa shape index (κ3) is 5.12. The zero-order chi connectivity index (χ0) is 19.2. The molecule has 1 heterocycles. The lowest BCUT2D eigenvalue weighted by molar-refractivity contribution is -0.140. The summed E-state index contributed by atoms with van der Waals surface area (Å²) in [6.07, 6.45) is 0.962. The third-order valence-electron chi connectivity index (χ3n) is 5.11. The Kier molecular flexibility index (Phi) is 8.03. The van der Waals surface area contributed by atoms with Crippen LogP contribution in [-0.2, 0) is 16.1 Å². The number of benzene rings is 2. The van der Waals surface area contributed by atoms with Gasteiger partial charge < -0.3 is 15.5 Å². The summed E-state index contributed by atoms with van der Waals surface area (Å²) in [5, 5.41) is 6.35. The summed E-state index contributed by atoms with van der Waals surface area (Å²) in [7, 11) is 1.79. The van der Waals surface area contributed by atoms with E-state index < -0.39 is 0 Å². The van der Waals surface area contributed by atoms with Gasteiger partial charge in [0.05, 0.1) is 12.0 Å². The number of likely N-dealkylation sites (tertiary alicyclic amines) is 1. The number of nitrogens with zero attached hydrogens (tertiary/aromatic N) is 1. The van der Waals surface area contributed by atoms with Gasteiger partial charge in [-0.05, 0) is 36.2 Å². The van der Waals surface area contributed by atoms with Gasteiger partial charge in [0.1, 0.15) is 0 Å². The molecule has 0 aromatic heterocycles. The largest absolute Gasteiger partial charge is 0.338 e. The lowest BCUT2D eigenvalue weighted by Crippen LogP contribution is -2.44. The van der Waals surface area contributed by atoms with E-state index in [9.17, 15) is 9.59 Å². The van der Waals surface area contributed by atoms with E-state index in [4.69, 9.17) is 0 Å². The van der Waals surface area contributed by atoms with E-state index in [0.717, 1.165) is 29.9 Å². The Hall–Kier alpha value is -2.37. The Labute approximate surface area is 172 Å². The maximum Gasteiger partial charge on any atom is 0.229 e. The average Bonchev–Trinajstić information content (AvgIpc) is 2.69. The smallest absolute Gasteiger partial charge is 0.229 e. The molecule has 0 radical (unpaired) electrons. The summed E-state index contributed by atoms with van der Waals surface area (Å²) in [5.74, 6) is -0.225. The Morgan fingerprint density at radius 3 is 2.61 bits per heavy atom. The molecule has 1 aliphatic heterocycles. The summed E-state index contributed by atoms with van der Waals surface area (Å²) < 4.78 is 0. The van der Waals surface area contributed by atoms with Crippen LogP contribution in [0.4, 0.5) is 5.69 Å². The summed E-state index contributed by atoms with van der Waals surface area (Å²) >= 11 is 0. The molecule has 0 spiro atoms. The van der Waals surface area contributed by atoms with Crippen molar-refractivity contribution >= 4 is 29.9 Å². The van der Waals surface area contributed by atoms with Gasteiger partial charge in [0.2, 0.25) is 11.8 Å². The minimum atomic E-state index is -0.271. The first-order valence-electron chi connectivity index (χ1n) is 9.51. The highest BCUT2D eigenvalue weighted by atomic mass is 35.5. The maximum atomic E-state index is 13.1. The Morgan fingerprint density at radius 2 is 1.89 bits per heavy atom. The fourth-order valence-electron chi connectivity index (χ4n) is 3.68. The van der Waals surface area contributed by atoms with Crippen molar-refractivity contribution in [3.05, 3.63) is 65.7 Å². The van der Waals surface area contributed by atoms with Crippen molar-refractivity contribution in [2.24, 2.45) is 5.92 Å². The lowest BCUT2D eigenvalue weighted by atomic mass is 9.84. The molecule has 150 valence electrons. The fourth-order valence-corrected chi connectivity index (χ4v) is 3.68. The van der Waals surface area contributed by atoms with Crippen LogP contribution in [-0.4, -0.2) is 30.3 Å². The Bertz CT molecular complexity index is 797. The summed E-state index contributed by atoms with van der Waals surface area (Å²) in [6, 6.07) is 17.5. The molecule has 1 fully saturated rings. The van der Waals surface area contributed by atoms with Gasteiger partial charge in [0, 0.05) is 25.7 Å². The van der Waals surface area contributed by atoms with Crippen LogP contribution in [0.15, 0.2) is 54.6 Å². The highest BCUT2D eigenvalue weighted by Gasteiger charge is 2.38. The molecule has 1 saturated heterocycles. The van der Waals surface area contributed by atoms with Crippen molar-refractivity contribution in [1.29, 1.82) is 0 Å². The standard InChI is InChI=1S/C22H27N3O2.ClH/c1-3-23-15-16-8-7-11-18(14-16)24-22(27)19-12-13-20(26)25(2)21(19)17-9-5-4-6-10-17;/h4-11,14,19,21,23H,3,12-13,15H2,1-2H3,(H,24,27);1H. The number of carbonyl (C=O) groups is 2. The van der Waals surface area contributed by atoms with E-state index in [2.05, 4.69) is 17.6 Å². The van der Waals surface area contributed by atoms with Crippen LogP contribution in [0.1, 0.15) is 36.9 Å². The van der Waals surface area contributed by atoms with Crippen LogP contribution in [0, 0.1) is 5.92 Å². The molecule has 2 N–H and O–H groups in total. The predicted octanol–water partition coefficient (Wildman–Crippen LogP) is 3.77. The van der Waals surface area contributed by atoms with E-state index in [1.54, 1.807) is 11.9 Å². The van der Waals surface area contributed by atoms with E-state index >= 15 is 0 Å². The molecule has 0 aliphatic carbocycles. The lowest BCUT2D eigenvalue weighted by Gasteiger charge is -2.38. The number of halogens is 1. The summed E-state index contributed by atoms with van der Waals surface area (Å²) in [5.41, 5.74) is 2.92. The summed E-state index contributed by atoms with van der Waals surface area (Å²) in [6.45, 7) is 3.74. The maximum absolute atomic E-state index is 13.1. The molecule has 2 aromatic carbocycles. The zero-order valence-electron chi connectivity index (χ0n) is 16.4. The minimum Gasteiger partial charge on any atom is -0.338 e. The molecule has 1 aliphatic rings. The van der Waals surface area contributed by atoms with Crippen LogP contribution in [0.3, 0.4) is 0 Å². The van der Waals surface area contributed by atoms with Gasteiger partial charge in [-0.1, -0.05) is 49.4 Å². The third-order valence-corrected chi connectivity index (χ3v) is 5.11. The van der Waals surface area contributed by atoms with Crippen LogP contribution >= 0.6 is 12.4 Å². The van der Waals surface area contributed by atoms with Gasteiger partial charge in [-0.25, -0.2) is 0 Å². The van der Waals surface area contributed by atoms with Crippen LogP contribution in [0.25, 0.3) is 0 Å². The van der Waals surface area contributed by atoms with Gasteiger partial charge in [-0.15, -0.1) is 12.4 Å². The predicted molar refractivity (Wildman–Crippen MR) is 114 cm³/mol. The fraction of sp³-hybridized carbons (Fsp3) is 0.364. The first-order valence-corrected chi connectivity index (χ1v) is 9.51. The SMILES string of the molecule is CCNCc1cccc(NC(=O)C2CCC(=O)N(C)C2c2ccccc2)c1.Cl. The van der Waals surface area contributed by atoms with Gasteiger partial charge in [-0.2, -0.15) is 0 Å². The monoisotopic (exact) mass is 401 g/mol. The number of rotatable bonds is 6. The highest BCUT2D eigenvalue weighted by molar-refractivity contribution is 5.94. The van der Waals surface area contributed by atoms with E-state index in [0.29, 0.717) is 12.8 Å². The van der Waals surface area contributed by atoms with Gasteiger partial charge in [-0.3, -0.25) is 9.59 Å². The molecule has 0 bridgehead atoms. The number of carbonyl (C=O) groups excluding carboxylic acids is 2. The molecule has 0 saturated carbocycles. The van der Waals surface area contributed by atoms with Gasteiger partial charge >= 0.3 is 0 Å². The first kappa shape index (κ1) is 21.9. The molecule has 6 heteroatoms. The number of nitrogens with one attached hydrogen (secondary N) is 2. The number of hydrogen-bond acceptors (Lipinski definition) is 3. The quantitative estimate of drug-likeness (QED) is 0.774. The van der Waals surface area contributed by atoms with Gasteiger partial charge in [0.25, 0.3) is 0 Å². The second-order valence-electron chi connectivity index (χ2n) is 6.98. The number of amides is 2. The van der Waals surface area contributed by atoms with Crippen molar-refractivity contribution < 1.29 is 9.59 Å². The molecular weight excluding hydrogens is 374 g/mol. The van der Waals surface area contributed by atoms with Crippen LogP contribution < -0.4 is 10.6 Å². The molecule has 2 amide bonds. The van der Waals surface area contributed by atoms with Crippen LogP contribution in [0.5, 0.6) is 0 Å². The Morgan fingerprint density at radius 1 is 1.14 bits per heavy atom. The van der Waals surface area contributed by atoms with E-state index in [1.807, 2.05) is 54.6 Å². The topological polar surface area (TPSA) is 61.4 Å². The molecule has 5 nitrogen and oxygen atoms in total. The summed E-state index contributed by atoms with van der Waals surface area (Å²) in [4.78, 5) is 27.0. The molecule has 2 unspecified atom stereocenters. The van der Waals surface area contributed by atoms with Gasteiger partial charge in [0.15, 0.2) is 0 Å². The minimum absolute atomic E-state index is 0. The van der Waals surface area contributed by atoms with Crippen molar-refractivity contribution in [2.45, 2.75) is 32.4 Å². The van der Waals surface area contributed by atoms with Crippen LogP contribution in [0.2, 0.25) is 0 Å². The highest BCUT2D eigenvalue weighted by Crippen LogP contribution is 2.36. The van der Waals surface area contributed by atoms with Crippen molar-refractivity contribution in [3.63, 3.8) is 0 Å². The number of hydrogen-bond donors (Lipinski definition) is 2. The molecule has 28 heavy (non-hydrogen) atoms. The molecule has 2 atom stereocenters. The van der Waals surface area contributed by atoms with E-state index in [1.165, 1.54) is 0 Å². The van der Waals surface area contributed by atoms with Crippen molar-refractivity contribution in [1.82, 2.24) is 10.2 Å². The Balaban J connectivity index is 0.00000280. The molecular formula is C22H28ClN3O2. The second kappa shape index (κ2) is 10.2. The average molecular weight is 402 g/mol.